The highest BCUT2D eigenvalue weighted by atomic mass is 32.2. The molecule has 0 saturated carbocycles. The van der Waals surface area contributed by atoms with Crippen LogP contribution in [0, 0.1) is 0 Å². The van der Waals surface area contributed by atoms with E-state index < -0.39 is 0 Å². The van der Waals surface area contributed by atoms with Crippen LogP contribution in [0.1, 0.15) is 32.3 Å². The molecule has 1 aliphatic carbocycles. The molecule has 1 aromatic carbocycles. The van der Waals surface area contributed by atoms with Gasteiger partial charge in [-0.25, -0.2) is 0 Å². The number of amidine groups is 1. The van der Waals surface area contributed by atoms with Crippen molar-refractivity contribution in [3.8, 4) is 11.5 Å². The SMILES string of the molecule is C/C=C1\C(=NC)NC(c2ccc(OC)c(OC)c2)=C1SC1=CCC=C(CC)C=C1. The van der Waals surface area contributed by atoms with E-state index in [1.165, 1.54) is 10.5 Å². The minimum Gasteiger partial charge on any atom is -0.493 e. The number of methoxy groups -OCH3 is 2. The Kier molecular flexibility index (Phi) is 7.04. The second-order valence-corrected chi connectivity index (χ2v) is 7.67. The van der Waals surface area contributed by atoms with Gasteiger partial charge in [-0.05, 0) is 44.0 Å². The van der Waals surface area contributed by atoms with E-state index in [0.717, 1.165) is 40.4 Å². The number of ether oxygens (including phenoxy) is 2. The predicted molar refractivity (Wildman–Crippen MR) is 125 cm³/mol. The number of allylic oxidation sites excluding steroid dienone is 6. The molecule has 0 spiro atoms. The van der Waals surface area contributed by atoms with Crippen molar-refractivity contribution < 1.29 is 9.47 Å². The predicted octanol–water partition coefficient (Wildman–Crippen LogP) is 5.86. The lowest BCUT2D eigenvalue weighted by molar-refractivity contribution is 0.355. The van der Waals surface area contributed by atoms with Crippen molar-refractivity contribution in [3.63, 3.8) is 0 Å². The van der Waals surface area contributed by atoms with E-state index in [1.807, 2.05) is 32.2 Å². The average molecular weight is 409 g/mol. The van der Waals surface area contributed by atoms with Gasteiger partial charge in [-0.2, -0.15) is 0 Å². The zero-order valence-corrected chi connectivity index (χ0v) is 18.5. The van der Waals surface area contributed by atoms with Crippen LogP contribution >= 0.6 is 11.8 Å². The summed E-state index contributed by atoms with van der Waals surface area (Å²) in [6.45, 7) is 4.24. The fourth-order valence-electron chi connectivity index (χ4n) is 3.34. The van der Waals surface area contributed by atoms with E-state index in [4.69, 9.17) is 9.47 Å². The molecule has 0 fully saturated rings. The van der Waals surface area contributed by atoms with Crippen molar-refractivity contribution in [2.75, 3.05) is 21.3 Å². The normalized spacial score (nSPS) is 19.2. The first-order valence-electron chi connectivity index (χ1n) is 9.77. The number of hydrogen-bond donors (Lipinski definition) is 1. The Morgan fingerprint density at radius 1 is 1.14 bits per heavy atom. The number of nitrogens with one attached hydrogen (secondary N) is 1. The highest BCUT2D eigenvalue weighted by Crippen LogP contribution is 2.42. The molecule has 4 nitrogen and oxygen atoms in total. The Bertz CT molecular complexity index is 965. The molecular weight excluding hydrogens is 380 g/mol. The fraction of sp³-hybridized carbons (Fsp3) is 0.292. The number of rotatable bonds is 6. The monoisotopic (exact) mass is 408 g/mol. The van der Waals surface area contributed by atoms with Crippen molar-refractivity contribution in [2.45, 2.75) is 26.7 Å². The Hall–Kier alpha value is -2.66. The summed E-state index contributed by atoms with van der Waals surface area (Å²) < 4.78 is 10.9. The van der Waals surface area contributed by atoms with Gasteiger partial charge in [0.05, 0.1) is 19.9 Å². The molecule has 29 heavy (non-hydrogen) atoms. The molecule has 1 aliphatic heterocycles. The standard InChI is InChI=1S/C24H28N2O2S/c1-6-16-9-8-10-18(13-11-16)29-23-19(7-2)24(25-3)26-22(23)17-12-14-20(27-4)21(15-17)28-5/h7,9-15H,6,8H2,1-5H3,(H,25,26)/b19-7-. The van der Waals surface area contributed by atoms with Gasteiger partial charge >= 0.3 is 0 Å². The van der Waals surface area contributed by atoms with Crippen LogP contribution in [0.3, 0.4) is 0 Å². The molecule has 0 atom stereocenters. The van der Waals surface area contributed by atoms with E-state index in [9.17, 15) is 0 Å². The highest BCUT2D eigenvalue weighted by Gasteiger charge is 2.27. The van der Waals surface area contributed by atoms with Crippen LogP contribution in [0.2, 0.25) is 0 Å². The summed E-state index contributed by atoms with van der Waals surface area (Å²) in [6.07, 6.45) is 13.1. The summed E-state index contributed by atoms with van der Waals surface area (Å²) in [4.78, 5) is 6.85. The Labute approximate surface area is 177 Å². The molecule has 0 unspecified atom stereocenters. The first kappa shape index (κ1) is 21.1. The minimum atomic E-state index is 0.706. The zero-order chi connectivity index (χ0) is 20.8. The Morgan fingerprint density at radius 2 is 1.93 bits per heavy atom. The molecule has 0 radical (unpaired) electrons. The smallest absolute Gasteiger partial charge is 0.161 e. The lowest BCUT2D eigenvalue weighted by atomic mass is 10.1. The van der Waals surface area contributed by atoms with Gasteiger partial charge in [0.2, 0.25) is 0 Å². The molecule has 1 aromatic rings. The molecule has 0 aromatic heterocycles. The first-order chi connectivity index (χ1) is 14.1. The molecule has 0 saturated heterocycles. The lowest BCUT2D eigenvalue weighted by Crippen LogP contribution is -2.16. The maximum atomic E-state index is 5.51. The number of thioether (sulfide) groups is 1. The van der Waals surface area contributed by atoms with Gasteiger partial charge in [-0.3, -0.25) is 4.99 Å². The van der Waals surface area contributed by atoms with Crippen LogP contribution in [-0.2, 0) is 0 Å². The minimum absolute atomic E-state index is 0.706. The van der Waals surface area contributed by atoms with Crippen LogP contribution in [0.15, 0.2) is 74.5 Å². The highest BCUT2D eigenvalue weighted by molar-refractivity contribution is 8.07. The van der Waals surface area contributed by atoms with Gasteiger partial charge in [0.1, 0.15) is 5.84 Å². The molecule has 152 valence electrons. The van der Waals surface area contributed by atoms with Crippen LogP contribution in [0.5, 0.6) is 11.5 Å². The van der Waals surface area contributed by atoms with Gasteiger partial charge in [0.15, 0.2) is 11.5 Å². The molecule has 1 heterocycles. The average Bonchev–Trinajstić information content (AvgIpc) is 2.95. The molecule has 5 heteroatoms. The van der Waals surface area contributed by atoms with E-state index in [1.54, 1.807) is 26.0 Å². The van der Waals surface area contributed by atoms with Crippen LogP contribution in [0.25, 0.3) is 5.70 Å². The van der Waals surface area contributed by atoms with Crippen molar-refractivity contribution in [3.05, 3.63) is 75.1 Å². The number of hydrogen-bond acceptors (Lipinski definition) is 4. The van der Waals surface area contributed by atoms with E-state index in [0.29, 0.717) is 11.5 Å². The summed E-state index contributed by atoms with van der Waals surface area (Å²) in [5, 5.41) is 3.50. The van der Waals surface area contributed by atoms with Gasteiger partial charge < -0.3 is 14.8 Å². The van der Waals surface area contributed by atoms with E-state index in [2.05, 4.69) is 47.6 Å². The molecule has 3 rings (SSSR count). The van der Waals surface area contributed by atoms with Gasteiger partial charge in [0, 0.05) is 28.0 Å². The van der Waals surface area contributed by atoms with E-state index >= 15 is 0 Å². The third kappa shape index (κ3) is 4.51. The van der Waals surface area contributed by atoms with Crippen molar-refractivity contribution in [2.24, 2.45) is 4.99 Å². The fourth-order valence-corrected chi connectivity index (χ4v) is 4.48. The van der Waals surface area contributed by atoms with Gasteiger partial charge in [-0.15, -0.1) is 0 Å². The van der Waals surface area contributed by atoms with Crippen molar-refractivity contribution in [1.29, 1.82) is 0 Å². The lowest BCUT2D eigenvalue weighted by Gasteiger charge is -2.12. The summed E-state index contributed by atoms with van der Waals surface area (Å²) in [5.41, 5.74) is 4.56. The summed E-state index contributed by atoms with van der Waals surface area (Å²) in [6, 6.07) is 5.98. The van der Waals surface area contributed by atoms with Crippen LogP contribution < -0.4 is 14.8 Å². The second kappa shape index (κ2) is 9.70. The summed E-state index contributed by atoms with van der Waals surface area (Å²) in [5.74, 6) is 2.30. The second-order valence-electron chi connectivity index (χ2n) is 6.58. The maximum Gasteiger partial charge on any atom is 0.161 e. The molecule has 0 bridgehead atoms. The number of nitrogens with zero attached hydrogens (tertiary/aromatic N) is 1. The number of aliphatic imine (C=N–C) groups is 1. The van der Waals surface area contributed by atoms with E-state index in [-0.39, 0.29) is 0 Å². The third-order valence-corrected chi connectivity index (χ3v) is 6.11. The summed E-state index contributed by atoms with van der Waals surface area (Å²) >= 11 is 1.77. The summed E-state index contributed by atoms with van der Waals surface area (Å²) in [7, 11) is 5.12. The molecule has 2 aliphatic rings. The Balaban J connectivity index is 2.04. The zero-order valence-electron chi connectivity index (χ0n) is 17.7. The maximum absolute atomic E-state index is 5.51. The van der Waals surface area contributed by atoms with Gasteiger partial charge in [-0.1, -0.05) is 48.6 Å². The molecular formula is C24H28N2O2S. The quantitative estimate of drug-likeness (QED) is 0.640. The van der Waals surface area contributed by atoms with Crippen molar-refractivity contribution >= 4 is 23.3 Å². The number of benzene rings is 1. The van der Waals surface area contributed by atoms with Crippen LogP contribution in [-0.4, -0.2) is 27.1 Å². The third-order valence-electron chi connectivity index (χ3n) is 4.94. The Morgan fingerprint density at radius 3 is 2.59 bits per heavy atom. The largest absolute Gasteiger partial charge is 0.493 e. The van der Waals surface area contributed by atoms with Crippen molar-refractivity contribution in [1.82, 2.24) is 5.32 Å². The molecule has 0 amide bonds. The molecule has 1 N–H and O–H groups in total. The van der Waals surface area contributed by atoms with Gasteiger partial charge in [0.25, 0.3) is 0 Å². The topological polar surface area (TPSA) is 42.9 Å². The first-order valence-corrected chi connectivity index (χ1v) is 10.6. The van der Waals surface area contributed by atoms with Crippen LogP contribution in [0.4, 0.5) is 0 Å².